The molecule has 0 unspecified atom stereocenters. The fraction of sp³-hybridized carbons (Fsp3) is 0.750. The molecule has 0 aliphatic heterocycles. The predicted octanol–water partition coefficient (Wildman–Crippen LogP) is 3.58. The Labute approximate surface area is 79.8 Å². The molecule has 0 nitrogen and oxygen atoms in total. The first-order chi connectivity index (χ1) is 5.00. The third kappa shape index (κ3) is 6.88. The Kier molecular flexibility index (Phi) is 10.5. The van der Waals surface area contributed by atoms with Crippen LogP contribution in [0.25, 0.3) is 0 Å². The van der Waals surface area contributed by atoms with Crippen molar-refractivity contribution in [1.82, 2.24) is 0 Å². The average molecular weight is 343 g/mol. The second-order valence-electron chi connectivity index (χ2n) is 2.46. The van der Waals surface area contributed by atoms with Gasteiger partial charge in [0.1, 0.15) is 0 Å². The third-order valence-corrected chi connectivity index (χ3v) is 1.66. The molecule has 0 fully saturated rings. The van der Waals surface area contributed by atoms with Crippen molar-refractivity contribution in [2.75, 3.05) is 0 Å². The van der Waals surface area contributed by atoms with E-state index in [-0.39, 0.29) is 0 Å². The molecular weight excluding hydrogens is 329 g/mol. The third-order valence-electron chi connectivity index (χ3n) is 1.66. The molecule has 1 rings (SSSR count). The minimum atomic E-state index is 1.32. The van der Waals surface area contributed by atoms with Gasteiger partial charge in [0.2, 0.25) is 0 Å². The molecule has 0 radical (unpaired) electrons. The Bertz CT molecular complexity index is 71.3. The number of hydrogen-bond donors (Lipinski definition) is 0. The Hall–Kier alpha value is 0.770. The van der Waals surface area contributed by atoms with Crippen LogP contribution in [0.5, 0.6) is 0 Å². The summed E-state index contributed by atoms with van der Waals surface area (Å²) in [6.07, 6.45) is 13.0. The van der Waals surface area contributed by atoms with Crippen LogP contribution in [-0.4, -0.2) is 0 Å². The van der Waals surface area contributed by atoms with Gasteiger partial charge in [0.15, 0.2) is 0 Å². The van der Waals surface area contributed by atoms with Gasteiger partial charge >= 0.3 is 29.2 Å². The molecule has 0 saturated carbocycles. The van der Waals surface area contributed by atoms with E-state index in [1.165, 1.54) is 38.5 Å². The maximum atomic E-state index is 4.58. The summed E-state index contributed by atoms with van der Waals surface area (Å²) in [6.45, 7) is 0. The first-order valence-corrected chi connectivity index (χ1v) is 6.45. The standard InChI is InChI=1S/C8H14.Au.ClH/c1-2-4-6-8-7-5-3-1;;/h1-2H,3-8H2;;1H/q;+1;/p-1. The zero-order chi connectivity index (χ0) is 7.66. The molecule has 2 heteroatoms. The second-order valence-corrected chi connectivity index (χ2v) is 2.46. The van der Waals surface area contributed by atoms with Gasteiger partial charge in [-0.1, -0.05) is 25.0 Å². The zero-order valence-corrected chi connectivity index (χ0v) is 9.00. The van der Waals surface area contributed by atoms with Gasteiger partial charge in [0, 0.05) is 0 Å². The van der Waals surface area contributed by atoms with E-state index < -0.39 is 0 Å². The molecule has 0 N–H and O–H groups in total. The molecule has 64 valence electrons. The van der Waals surface area contributed by atoms with Crippen molar-refractivity contribution in [3.05, 3.63) is 12.2 Å². The van der Waals surface area contributed by atoms with Crippen LogP contribution in [0.2, 0.25) is 0 Å². The average Bonchev–Trinajstić information content (AvgIpc) is 1.90. The normalized spacial score (nSPS) is 18.3. The molecule has 0 atom stereocenters. The fourth-order valence-corrected chi connectivity index (χ4v) is 1.11. The molecule has 0 aromatic carbocycles. The predicted molar refractivity (Wildman–Crippen MR) is 42.7 cm³/mol. The number of allylic oxidation sites excluding steroid dienone is 2. The monoisotopic (exact) mass is 342 g/mol. The molecule has 0 saturated heterocycles. The molecule has 10 heavy (non-hydrogen) atoms. The Morgan fingerprint density at radius 3 is 1.60 bits per heavy atom. The summed E-state index contributed by atoms with van der Waals surface area (Å²) in [5.41, 5.74) is 0. The van der Waals surface area contributed by atoms with Gasteiger partial charge in [0.05, 0.1) is 0 Å². The van der Waals surface area contributed by atoms with Crippen LogP contribution >= 0.6 is 9.19 Å². The van der Waals surface area contributed by atoms with Crippen LogP contribution in [0.4, 0.5) is 0 Å². The molecule has 0 aromatic rings. The van der Waals surface area contributed by atoms with Gasteiger partial charge in [0.25, 0.3) is 0 Å². The van der Waals surface area contributed by atoms with E-state index in [2.05, 4.69) is 21.3 Å². The van der Waals surface area contributed by atoms with E-state index in [4.69, 9.17) is 0 Å². The van der Waals surface area contributed by atoms with Crippen molar-refractivity contribution in [2.45, 2.75) is 38.5 Å². The Balaban J connectivity index is 0.000000371. The second kappa shape index (κ2) is 9.77. The van der Waals surface area contributed by atoms with E-state index in [1.54, 1.807) is 20.0 Å². The van der Waals surface area contributed by atoms with Gasteiger partial charge in [-0.25, -0.2) is 0 Å². The van der Waals surface area contributed by atoms with Crippen molar-refractivity contribution < 1.29 is 20.0 Å². The summed E-state index contributed by atoms with van der Waals surface area (Å²) in [7, 11) is 4.58. The minimum absolute atomic E-state index is 1.32. The summed E-state index contributed by atoms with van der Waals surface area (Å²) in [5.74, 6) is 0. The summed E-state index contributed by atoms with van der Waals surface area (Å²) in [4.78, 5) is 0. The molecule has 0 aromatic heterocycles. The fourth-order valence-electron chi connectivity index (χ4n) is 1.11. The van der Waals surface area contributed by atoms with Crippen LogP contribution in [-0.2, 0) is 20.0 Å². The molecular formula is C8H14AuCl. The van der Waals surface area contributed by atoms with Crippen LogP contribution in [0.3, 0.4) is 0 Å². The number of rotatable bonds is 0. The molecule has 1 aliphatic carbocycles. The number of halogens is 1. The summed E-state index contributed by atoms with van der Waals surface area (Å²) in [6, 6.07) is 0. The molecule has 0 heterocycles. The SMILES string of the molecule is C1=CCCCCCC1.[Cl][Au]. The summed E-state index contributed by atoms with van der Waals surface area (Å²) >= 11 is 1.75. The van der Waals surface area contributed by atoms with E-state index >= 15 is 0 Å². The van der Waals surface area contributed by atoms with E-state index in [1.807, 2.05) is 0 Å². The first kappa shape index (κ1) is 10.8. The molecule has 1 aliphatic rings. The topological polar surface area (TPSA) is 0 Å². The van der Waals surface area contributed by atoms with Crippen molar-refractivity contribution in [1.29, 1.82) is 0 Å². The summed E-state index contributed by atoms with van der Waals surface area (Å²) in [5, 5.41) is 0. The van der Waals surface area contributed by atoms with Gasteiger partial charge in [-0.3, -0.25) is 0 Å². The van der Waals surface area contributed by atoms with E-state index in [0.29, 0.717) is 0 Å². The van der Waals surface area contributed by atoms with Crippen LogP contribution < -0.4 is 0 Å². The van der Waals surface area contributed by atoms with Crippen LogP contribution in [0.1, 0.15) is 38.5 Å². The maximum absolute atomic E-state index is 4.58. The van der Waals surface area contributed by atoms with Gasteiger partial charge < -0.3 is 0 Å². The van der Waals surface area contributed by atoms with Gasteiger partial charge in [-0.05, 0) is 25.7 Å². The van der Waals surface area contributed by atoms with Crippen LogP contribution in [0, 0.1) is 0 Å². The van der Waals surface area contributed by atoms with Crippen molar-refractivity contribution >= 4 is 9.19 Å². The Morgan fingerprint density at radius 2 is 1.20 bits per heavy atom. The Morgan fingerprint density at radius 1 is 0.800 bits per heavy atom. The first-order valence-electron chi connectivity index (χ1n) is 3.76. The van der Waals surface area contributed by atoms with E-state index in [0.717, 1.165) is 0 Å². The quantitative estimate of drug-likeness (QED) is 0.466. The van der Waals surface area contributed by atoms with Gasteiger partial charge in [-0.15, -0.1) is 0 Å². The van der Waals surface area contributed by atoms with Crippen molar-refractivity contribution in [3.8, 4) is 0 Å². The van der Waals surface area contributed by atoms with Crippen LogP contribution in [0.15, 0.2) is 12.2 Å². The van der Waals surface area contributed by atoms with E-state index in [9.17, 15) is 0 Å². The summed E-state index contributed by atoms with van der Waals surface area (Å²) < 4.78 is 0. The van der Waals surface area contributed by atoms with Crippen molar-refractivity contribution in [3.63, 3.8) is 0 Å². The molecule has 0 amide bonds. The van der Waals surface area contributed by atoms with Crippen molar-refractivity contribution in [2.24, 2.45) is 0 Å². The van der Waals surface area contributed by atoms with Gasteiger partial charge in [-0.2, -0.15) is 0 Å². The number of hydrogen-bond acceptors (Lipinski definition) is 0. The zero-order valence-electron chi connectivity index (χ0n) is 6.08. The molecule has 0 bridgehead atoms. The molecule has 0 spiro atoms.